The fourth-order valence-corrected chi connectivity index (χ4v) is 2.39. The summed E-state index contributed by atoms with van der Waals surface area (Å²) in [4.78, 5) is 24.0. The third kappa shape index (κ3) is 5.70. The van der Waals surface area contributed by atoms with E-state index in [1.165, 1.54) is 32.2 Å². The molecule has 1 atom stereocenters. The minimum absolute atomic E-state index is 0.0377. The molecule has 0 fully saturated rings. The molecule has 1 amide bonds. The van der Waals surface area contributed by atoms with Gasteiger partial charge in [-0.25, -0.2) is 4.39 Å². The van der Waals surface area contributed by atoms with Crippen LogP contribution >= 0.6 is 0 Å². The van der Waals surface area contributed by atoms with Gasteiger partial charge in [0.05, 0.1) is 19.9 Å². The molecule has 7 heteroatoms. The molecule has 2 aromatic rings. The second-order valence-electron chi connectivity index (χ2n) is 5.79. The van der Waals surface area contributed by atoms with Crippen LogP contribution in [-0.2, 0) is 20.7 Å². The van der Waals surface area contributed by atoms with Gasteiger partial charge < -0.3 is 19.5 Å². The summed E-state index contributed by atoms with van der Waals surface area (Å²) in [5.41, 5.74) is 0.906. The highest BCUT2D eigenvalue weighted by atomic mass is 19.1. The average molecular weight is 375 g/mol. The molecule has 27 heavy (non-hydrogen) atoms. The van der Waals surface area contributed by atoms with Gasteiger partial charge in [-0.2, -0.15) is 0 Å². The minimum Gasteiger partial charge on any atom is -0.493 e. The lowest BCUT2D eigenvalue weighted by Gasteiger charge is -2.14. The number of carbonyl (C=O) groups is 2. The average Bonchev–Trinajstić information content (AvgIpc) is 2.67. The Morgan fingerprint density at radius 1 is 1.07 bits per heavy atom. The summed E-state index contributed by atoms with van der Waals surface area (Å²) in [7, 11) is 3.08. The number of aryl methyl sites for hydroxylation is 1. The molecule has 0 saturated heterocycles. The van der Waals surface area contributed by atoms with Crippen LogP contribution in [0.4, 0.5) is 10.1 Å². The predicted octanol–water partition coefficient (Wildman–Crippen LogP) is 3.35. The Labute approximate surface area is 157 Å². The van der Waals surface area contributed by atoms with Gasteiger partial charge in [0.25, 0.3) is 5.91 Å². The maximum absolute atomic E-state index is 13.6. The molecule has 2 aromatic carbocycles. The summed E-state index contributed by atoms with van der Waals surface area (Å²) in [6.45, 7) is 1.44. The topological polar surface area (TPSA) is 73.9 Å². The van der Waals surface area contributed by atoms with Crippen LogP contribution < -0.4 is 14.8 Å². The van der Waals surface area contributed by atoms with Gasteiger partial charge in [0.2, 0.25) is 0 Å². The first-order valence-electron chi connectivity index (χ1n) is 8.40. The Morgan fingerprint density at radius 2 is 1.78 bits per heavy atom. The Kier molecular flexibility index (Phi) is 7.16. The van der Waals surface area contributed by atoms with Gasteiger partial charge in [0, 0.05) is 6.42 Å². The number of hydrogen-bond donors (Lipinski definition) is 1. The second kappa shape index (κ2) is 9.56. The molecule has 2 rings (SSSR count). The van der Waals surface area contributed by atoms with Crippen LogP contribution in [-0.4, -0.2) is 32.2 Å². The summed E-state index contributed by atoms with van der Waals surface area (Å²) in [5.74, 6) is -0.512. The van der Waals surface area contributed by atoms with Crippen molar-refractivity contribution in [2.45, 2.75) is 25.9 Å². The highest BCUT2D eigenvalue weighted by Gasteiger charge is 2.19. The number of anilines is 1. The third-order valence-electron chi connectivity index (χ3n) is 3.87. The third-order valence-corrected chi connectivity index (χ3v) is 3.87. The molecule has 0 radical (unpaired) electrons. The van der Waals surface area contributed by atoms with E-state index in [1.54, 1.807) is 25.3 Å². The SMILES string of the molecule is COc1ccc(CCC(=O)O[C@H](C)C(=O)Nc2ccccc2F)cc1OC. The van der Waals surface area contributed by atoms with E-state index in [-0.39, 0.29) is 12.1 Å². The number of benzene rings is 2. The molecule has 0 aliphatic rings. The van der Waals surface area contributed by atoms with Crippen LogP contribution in [0, 0.1) is 5.82 Å². The zero-order chi connectivity index (χ0) is 19.8. The zero-order valence-corrected chi connectivity index (χ0v) is 15.5. The van der Waals surface area contributed by atoms with E-state index < -0.39 is 23.8 Å². The molecule has 0 aromatic heterocycles. The lowest BCUT2D eigenvalue weighted by atomic mass is 10.1. The van der Waals surface area contributed by atoms with Gasteiger partial charge in [-0.05, 0) is 43.2 Å². The van der Waals surface area contributed by atoms with Gasteiger partial charge in [0.1, 0.15) is 5.82 Å². The maximum atomic E-state index is 13.6. The van der Waals surface area contributed by atoms with Crippen molar-refractivity contribution in [2.75, 3.05) is 19.5 Å². The van der Waals surface area contributed by atoms with Gasteiger partial charge >= 0.3 is 5.97 Å². The van der Waals surface area contributed by atoms with E-state index in [0.29, 0.717) is 17.9 Å². The lowest BCUT2D eigenvalue weighted by molar-refractivity contribution is -0.153. The van der Waals surface area contributed by atoms with Crippen LogP contribution in [0.5, 0.6) is 11.5 Å². The fourth-order valence-electron chi connectivity index (χ4n) is 2.39. The Hall–Kier alpha value is -3.09. The molecule has 6 nitrogen and oxygen atoms in total. The fraction of sp³-hybridized carbons (Fsp3) is 0.300. The smallest absolute Gasteiger partial charge is 0.306 e. The standard InChI is InChI=1S/C20H22FNO5/c1-13(20(24)22-16-7-5-4-6-15(16)21)27-19(23)11-9-14-8-10-17(25-2)18(12-14)26-3/h4-8,10,12-13H,9,11H2,1-3H3,(H,22,24)/t13-/m1/s1. The molecule has 0 heterocycles. The summed E-state index contributed by atoms with van der Waals surface area (Å²) in [6, 6.07) is 11.1. The first kappa shape index (κ1) is 20.2. The van der Waals surface area contributed by atoms with E-state index in [9.17, 15) is 14.0 Å². The molecule has 1 N–H and O–H groups in total. The van der Waals surface area contributed by atoms with Gasteiger partial charge in [-0.15, -0.1) is 0 Å². The van der Waals surface area contributed by atoms with E-state index in [1.807, 2.05) is 6.07 Å². The number of esters is 1. The Morgan fingerprint density at radius 3 is 2.44 bits per heavy atom. The van der Waals surface area contributed by atoms with Gasteiger partial charge in [0.15, 0.2) is 17.6 Å². The minimum atomic E-state index is -1.04. The van der Waals surface area contributed by atoms with Crippen molar-refractivity contribution in [3.8, 4) is 11.5 Å². The number of nitrogens with one attached hydrogen (secondary N) is 1. The van der Waals surface area contributed by atoms with Crippen LogP contribution in [0.2, 0.25) is 0 Å². The molecule has 144 valence electrons. The van der Waals surface area contributed by atoms with Gasteiger partial charge in [-0.1, -0.05) is 18.2 Å². The number of hydrogen-bond acceptors (Lipinski definition) is 5. The van der Waals surface area contributed by atoms with Crippen molar-refractivity contribution in [2.24, 2.45) is 0 Å². The van der Waals surface area contributed by atoms with E-state index in [2.05, 4.69) is 5.32 Å². The first-order valence-corrected chi connectivity index (χ1v) is 8.40. The number of carbonyl (C=O) groups excluding carboxylic acids is 2. The van der Waals surface area contributed by atoms with Crippen molar-refractivity contribution in [1.82, 2.24) is 0 Å². The summed E-state index contributed by atoms with van der Waals surface area (Å²) >= 11 is 0. The number of para-hydroxylation sites is 1. The number of ether oxygens (including phenoxy) is 3. The molecular weight excluding hydrogens is 353 g/mol. The molecule has 0 spiro atoms. The van der Waals surface area contributed by atoms with E-state index >= 15 is 0 Å². The summed E-state index contributed by atoms with van der Waals surface area (Å²) in [6.07, 6.45) is -0.532. The molecule has 0 unspecified atom stereocenters. The Balaban J connectivity index is 1.86. The van der Waals surface area contributed by atoms with Crippen LogP contribution in [0.15, 0.2) is 42.5 Å². The van der Waals surface area contributed by atoms with Crippen molar-refractivity contribution < 1.29 is 28.2 Å². The zero-order valence-electron chi connectivity index (χ0n) is 15.5. The molecular formula is C20H22FNO5. The molecule has 0 aliphatic carbocycles. The maximum Gasteiger partial charge on any atom is 0.306 e. The summed E-state index contributed by atoms with van der Waals surface area (Å²) < 4.78 is 29.1. The molecule has 0 saturated carbocycles. The quantitative estimate of drug-likeness (QED) is 0.717. The highest BCUT2D eigenvalue weighted by Crippen LogP contribution is 2.28. The number of amides is 1. The van der Waals surface area contributed by atoms with E-state index in [0.717, 1.165) is 5.56 Å². The summed E-state index contributed by atoms with van der Waals surface area (Å²) in [5, 5.41) is 2.40. The lowest BCUT2D eigenvalue weighted by Crippen LogP contribution is -2.30. The predicted molar refractivity (Wildman–Crippen MR) is 98.5 cm³/mol. The van der Waals surface area contributed by atoms with Crippen molar-refractivity contribution >= 4 is 17.6 Å². The molecule has 0 bridgehead atoms. The van der Waals surface area contributed by atoms with Crippen LogP contribution in [0.3, 0.4) is 0 Å². The normalized spacial score (nSPS) is 11.4. The highest BCUT2D eigenvalue weighted by molar-refractivity contribution is 5.95. The van der Waals surface area contributed by atoms with Gasteiger partial charge in [-0.3, -0.25) is 9.59 Å². The largest absolute Gasteiger partial charge is 0.493 e. The van der Waals surface area contributed by atoms with Crippen LogP contribution in [0.1, 0.15) is 18.9 Å². The monoisotopic (exact) mass is 375 g/mol. The van der Waals surface area contributed by atoms with Crippen molar-refractivity contribution in [3.05, 3.63) is 53.8 Å². The first-order chi connectivity index (χ1) is 12.9. The Bertz CT molecular complexity index is 809. The van der Waals surface area contributed by atoms with Crippen molar-refractivity contribution in [3.63, 3.8) is 0 Å². The van der Waals surface area contributed by atoms with E-state index in [4.69, 9.17) is 14.2 Å². The second-order valence-corrected chi connectivity index (χ2v) is 5.79. The van der Waals surface area contributed by atoms with Crippen LogP contribution in [0.25, 0.3) is 0 Å². The molecule has 0 aliphatic heterocycles. The number of methoxy groups -OCH3 is 2. The number of rotatable bonds is 8. The van der Waals surface area contributed by atoms with Crippen molar-refractivity contribution in [1.29, 1.82) is 0 Å². The number of halogens is 1.